The number of benzene rings is 2. The summed E-state index contributed by atoms with van der Waals surface area (Å²) in [6.07, 6.45) is 0. The average molecular weight is 335 g/mol. The van der Waals surface area contributed by atoms with Crippen LogP contribution in [0.15, 0.2) is 42.5 Å². The predicted molar refractivity (Wildman–Crippen MR) is 89.3 cm³/mol. The lowest BCUT2D eigenvalue weighted by Crippen LogP contribution is -2.07. The Hall–Kier alpha value is -1.64. The fourth-order valence-electron chi connectivity index (χ4n) is 1.58. The second-order valence-corrected chi connectivity index (χ2v) is 3.68. The molecule has 0 aromatic heterocycles. The van der Waals surface area contributed by atoms with E-state index in [4.69, 9.17) is 26.5 Å². The van der Waals surface area contributed by atoms with E-state index >= 15 is 0 Å². The van der Waals surface area contributed by atoms with Gasteiger partial charge in [-0.3, -0.25) is 0 Å². The number of hydrogen-bond donors (Lipinski definition) is 6. The van der Waals surface area contributed by atoms with Crippen LogP contribution in [0.5, 0.6) is 5.75 Å². The molecule has 0 saturated carbocycles. The van der Waals surface area contributed by atoms with Crippen molar-refractivity contribution in [3.63, 3.8) is 0 Å². The molecule has 2 rings (SSSR count). The first-order valence-corrected chi connectivity index (χ1v) is 5.40. The molecule has 21 heavy (non-hydrogen) atoms. The molecule has 6 nitrogen and oxygen atoms in total. The number of halogens is 2. The highest BCUT2D eigenvalue weighted by molar-refractivity contribution is 6.30. The van der Waals surface area contributed by atoms with Crippen LogP contribution in [0.2, 0.25) is 0 Å². The standard InChI is InChI=1S/C12H12N2O.BH3O3.2ClH/c13-9-5-2-1-4-8(9)12-10(14)6-3-7-11(12)15;2-1(3)4;;/h1-7,15H,13-14H2;2-4H;2*1H. The van der Waals surface area contributed by atoms with Crippen molar-refractivity contribution in [1.82, 2.24) is 0 Å². The van der Waals surface area contributed by atoms with Crippen LogP contribution in [-0.2, 0) is 0 Å². The summed E-state index contributed by atoms with van der Waals surface area (Å²) < 4.78 is 0. The Kier molecular flexibility index (Phi) is 10.5. The van der Waals surface area contributed by atoms with E-state index in [0.29, 0.717) is 16.9 Å². The minimum atomic E-state index is -2.17. The van der Waals surface area contributed by atoms with Gasteiger partial charge in [0, 0.05) is 22.5 Å². The third-order valence-corrected chi connectivity index (χ3v) is 2.30. The van der Waals surface area contributed by atoms with E-state index in [1.807, 2.05) is 18.2 Å². The summed E-state index contributed by atoms with van der Waals surface area (Å²) >= 11 is 0. The number of phenols is 1. The molecular weight excluding hydrogens is 318 g/mol. The smallest absolute Gasteiger partial charge is 0.507 e. The van der Waals surface area contributed by atoms with Gasteiger partial charge in [0.25, 0.3) is 0 Å². The van der Waals surface area contributed by atoms with Gasteiger partial charge >= 0.3 is 7.32 Å². The van der Waals surface area contributed by atoms with Gasteiger partial charge in [-0.15, -0.1) is 24.8 Å². The lowest BCUT2D eigenvalue weighted by atomic mass is 10.0. The van der Waals surface area contributed by atoms with Crippen molar-refractivity contribution >= 4 is 43.5 Å². The zero-order valence-electron chi connectivity index (χ0n) is 10.9. The van der Waals surface area contributed by atoms with Crippen LogP contribution in [0.3, 0.4) is 0 Å². The fraction of sp³-hybridized carbons (Fsp3) is 0. The van der Waals surface area contributed by atoms with Gasteiger partial charge in [-0.25, -0.2) is 0 Å². The highest BCUT2D eigenvalue weighted by Crippen LogP contribution is 2.37. The van der Waals surface area contributed by atoms with Crippen molar-refractivity contribution in [2.24, 2.45) is 0 Å². The maximum Gasteiger partial charge on any atom is 0.631 e. The monoisotopic (exact) mass is 334 g/mol. The SMILES string of the molecule is Cl.Cl.Nc1ccccc1-c1c(N)cccc1O.OB(O)O. The van der Waals surface area contributed by atoms with Gasteiger partial charge in [-0.2, -0.15) is 0 Å². The molecule has 0 heterocycles. The molecule has 2 aromatic carbocycles. The van der Waals surface area contributed by atoms with Crippen molar-refractivity contribution in [1.29, 1.82) is 0 Å². The van der Waals surface area contributed by atoms with E-state index in [1.54, 1.807) is 24.3 Å². The topological polar surface area (TPSA) is 133 Å². The zero-order chi connectivity index (χ0) is 14.4. The largest absolute Gasteiger partial charge is 0.631 e. The Bertz CT molecular complexity index is 536. The van der Waals surface area contributed by atoms with Crippen molar-refractivity contribution in [3.8, 4) is 16.9 Å². The van der Waals surface area contributed by atoms with Crippen molar-refractivity contribution < 1.29 is 20.2 Å². The van der Waals surface area contributed by atoms with Crippen LogP contribution >= 0.6 is 24.8 Å². The van der Waals surface area contributed by atoms with E-state index in [-0.39, 0.29) is 30.6 Å². The lowest BCUT2D eigenvalue weighted by Gasteiger charge is -2.10. The Balaban J connectivity index is 0. The highest BCUT2D eigenvalue weighted by atomic mass is 35.5. The summed E-state index contributed by atoms with van der Waals surface area (Å²) in [6.45, 7) is 0. The van der Waals surface area contributed by atoms with Crippen molar-refractivity contribution in [2.75, 3.05) is 11.5 Å². The zero-order valence-corrected chi connectivity index (χ0v) is 12.5. The molecule has 0 saturated heterocycles. The van der Waals surface area contributed by atoms with Crippen molar-refractivity contribution in [3.05, 3.63) is 42.5 Å². The maximum absolute atomic E-state index is 9.73. The van der Waals surface area contributed by atoms with Crippen LogP contribution in [-0.4, -0.2) is 27.5 Å². The van der Waals surface area contributed by atoms with Crippen LogP contribution < -0.4 is 11.5 Å². The molecular formula is C12H17BCl2N2O4. The minimum absolute atomic E-state index is 0. The van der Waals surface area contributed by atoms with Gasteiger partial charge in [0.05, 0.1) is 0 Å². The summed E-state index contributed by atoms with van der Waals surface area (Å²) in [6, 6.07) is 12.3. The number of hydrogen-bond acceptors (Lipinski definition) is 6. The Morgan fingerprint density at radius 1 is 0.762 bits per heavy atom. The minimum Gasteiger partial charge on any atom is -0.507 e. The summed E-state index contributed by atoms with van der Waals surface area (Å²) in [5, 5.41) is 31.2. The number of nitrogen functional groups attached to an aromatic ring is 2. The van der Waals surface area contributed by atoms with E-state index in [0.717, 1.165) is 5.56 Å². The fourth-order valence-corrected chi connectivity index (χ4v) is 1.58. The third-order valence-electron chi connectivity index (χ3n) is 2.30. The molecule has 0 aliphatic carbocycles. The Labute approximate surface area is 135 Å². The van der Waals surface area contributed by atoms with Gasteiger partial charge in [0.1, 0.15) is 5.75 Å². The molecule has 2 aromatic rings. The summed E-state index contributed by atoms with van der Waals surface area (Å²) in [5.74, 6) is 0.146. The Morgan fingerprint density at radius 2 is 1.24 bits per heavy atom. The van der Waals surface area contributed by atoms with Gasteiger partial charge in [-0.05, 0) is 18.2 Å². The number of nitrogens with two attached hydrogens (primary N) is 2. The number of aromatic hydroxyl groups is 1. The number of para-hydroxylation sites is 1. The summed E-state index contributed by atoms with van der Waals surface area (Å²) in [4.78, 5) is 0. The molecule has 8 N–H and O–H groups in total. The van der Waals surface area contributed by atoms with E-state index in [9.17, 15) is 5.11 Å². The molecule has 0 aliphatic heterocycles. The average Bonchev–Trinajstić information content (AvgIpc) is 2.30. The van der Waals surface area contributed by atoms with Crippen LogP contribution in [0.1, 0.15) is 0 Å². The Morgan fingerprint density at radius 3 is 1.71 bits per heavy atom. The first-order valence-electron chi connectivity index (χ1n) is 5.40. The second kappa shape index (κ2) is 10.1. The second-order valence-electron chi connectivity index (χ2n) is 3.68. The number of rotatable bonds is 1. The highest BCUT2D eigenvalue weighted by Gasteiger charge is 2.09. The van der Waals surface area contributed by atoms with E-state index in [2.05, 4.69) is 0 Å². The first-order chi connectivity index (χ1) is 8.93. The predicted octanol–water partition coefficient (Wildman–Crippen LogP) is 1.02. The van der Waals surface area contributed by atoms with Gasteiger partial charge in [0.2, 0.25) is 0 Å². The van der Waals surface area contributed by atoms with Crippen LogP contribution in [0, 0.1) is 0 Å². The normalized spacial score (nSPS) is 8.52. The van der Waals surface area contributed by atoms with Gasteiger partial charge in [-0.1, -0.05) is 24.3 Å². The summed E-state index contributed by atoms with van der Waals surface area (Å²) in [7, 11) is -2.17. The molecule has 0 bridgehead atoms. The molecule has 0 fully saturated rings. The number of anilines is 2. The van der Waals surface area contributed by atoms with E-state index in [1.165, 1.54) is 0 Å². The lowest BCUT2D eigenvalue weighted by molar-refractivity contribution is 0.278. The van der Waals surface area contributed by atoms with Crippen molar-refractivity contribution in [2.45, 2.75) is 0 Å². The molecule has 0 amide bonds. The molecule has 0 atom stereocenters. The molecule has 0 radical (unpaired) electrons. The van der Waals surface area contributed by atoms with Gasteiger partial charge < -0.3 is 31.6 Å². The molecule has 0 aliphatic rings. The molecule has 0 unspecified atom stereocenters. The quantitative estimate of drug-likeness (QED) is 0.340. The summed E-state index contributed by atoms with van der Waals surface area (Å²) in [5.41, 5.74) is 14.1. The molecule has 9 heteroatoms. The maximum atomic E-state index is 9.73. The molecule has 116 valence electrons. The first kappa shape index (κ1) is 21.7. The van der Waals surface area contributed by atoms with Crippen LogP contribution in [0.25, 0.3) is 11.1 Å². The van der Waals surface area contributed by atoms with Gasteiger partial charge in [0.15, 0.2) is 0 Å². The third kappa shape index (κ3) is 6.57. The van der Waals surface area contributed by atoms with E-state index < -0.39 is 7.32 Å². The number of phenolic OH excluding ortho intramolecular Hbond substituents is 1. The van der Waals surface area contributed by atoms with Crippen LogP contribution in [0.4, 0.5) is 11.4 Å². The molecule has 0 spiro atoms.